The lowest BCUT2D eigenvalue weighted by Gasteiger charge is -2.58. The number of hydrogen-bond donors (Lipinski definition) is 1. The molecule has 0 unspecified atom stereocenters. The molecule has 3 fully saturated rings. The van der Waals surface area contributed by atoms with Gasteiger partial charge in [-0.15, -0.1) is 0 Å². The van der Waals surface area contributed by atoms with Crippen molar-refractivity contribution in [1.82, 2.24) is 5.32 Å². The fourth-order valence-corrected chi connectivity index (χ4v) is 8.45. The van der Waals surface area contributed by atoms with Gasteiger partial charge in [0.25, 0.3) is 0 Å². The third-order valence-electron chi connectivity index (χ3n) is 10.2. The number of para-hydroxylation sites is 2. The number of benzene rings is 2. The van der Waals surface area contributed by atoms with E-state index in [1.54, 1.807) is 6.08 Å². The SMILES string of the molecule is C[C@]12C=CC(=O)N[C@@H]1CC[C@@H]1[C@@H]2CC[C@]2(C)[C@@H](C(=O)N(c3ccccc3)c3ccccc3)CC[C@@H]12. The van der Waals surface area contributed by atoms with Crippen LogP contribution in [0.2, 0.25) is 0 Å². The van der Waals surface area contributed by atoms with E-state index in [4.69, 9.17) is 0 Å². The van der Waals surface area contributed by atoms with E-state index in [1.807, 2.05) is 65.6 Å². The number of carbonyl (C=O) groups excluding carboxylic acids is 2. The Morgan fingerprint density at radius 2 is 1.51 bits per heavy atom. The topological polar surface area (TPSA) is 49.4 Å². The van der Waals surface area contributed by atoms with Gasteiger partial charge in [0.15, 0.2) is 0 Å². The highest BCUT2D eigenvalue weighted by atomic mass is 16.2. The molecule has 0 saturated heterocycles. The molecular weight excluding hydrogens is 432 g/mol. The number of fused-ring (bicyclic) bond motifs is 5. The Labute approximate surface area is 208 Å². The highest BCUT2D eigenvalue weighted by molar-refractivity contribution is 6.02. The first-order valence-electron chi connectivity index (χ1n) is 13.4. The molecule has 4 aliphatic rings. The van der Waals surface area contributed by atoms with Crippen LogP contribution < -0.4 is 10.2 Å². The fraction of sp³-hybridized carbons (Fsp3) is 0.484. The Bertz CT molecular complexity index is 1110. The zero-order valence-electron chi connectivity index (χ0n) is 20.8. The molecule has 0 aromatic heterocycles. The van der Waals surface area contributed by atoms with Gasteiger partial charge in [0.05, 0.1) is 0 Å². The van der Waals surface area contributed by atoms with Crippen LogP contribution in [-0.4, -0.2) is 17.9 Å². The Kier molecular flexibility index (Phi) is 5.39. The van der Waals surface area contributed by atoms with E-state index in [-0.39, 0.29) is 34.6 Å². The molecule has 182 valence electrons. The van der Waals surface area contributed by atoms with Crippen molar-refractivity contribution < 1.29 is 9.59 Å². The van der Waals surface area contributed by atoms with Crippen LogP contribution in [0.15, 0.2) is 72.8 Å². The molecule has 1 heterocycles. The van der Waals surface area contributed by atoms with Crippen molar-refractivity contribution in [2.45, 2.75) is 58.4 Å². The molecule has 2 aromatic rings. The van der Waals surface area contributed by atoms with Gasteiger partial charge in [-0.05, 0) is 92.0 Å². The summed E-state index contributed by atoms with van der Waals surface area (Å²) in [7, 11) is 0. The standard InChI is InChI=1S/C31H36N2O2/c1-30-19-17-25-23(13-16-27-31(25,2)20-18-28(34)32-27)24(30)14-15-26(30)29(35)33(21-9-5-3-6-10-21)22-11-7-4-8-12-22/h3-12,18,20,23-27H,13-17,19H2,1-2H3,(H,32,34)/t23-,24-,25-,26+,27+,30-,31+/m0/s1. The maximum atomic E-state index is 14.4. The molecule has 0 radical (unpaired) electrons. The van der Waals surface area contributed by atoms with Crippen molar-refractivity contribution in [2.24, 2.45) is 34.5 Å². The predicted molar refractivity (Wildman–Crippen MR) is 139 cm³/mol. The molecule has 1 aliphatic heterocycles. The third kappa shape index (κ3) is 3.48. The Balaban J connectivity index is 1.31. The lowest BCUT2D eigenvalue weighted by atomic mass is 9.48. The van der Waals surface area contributed by atoms with Gasteiger partial charge in [-0.2, -0.15) is 0 Å². The van der Waals surface area contributed by atoms with Crippen LogP contribution in [0.3, 0.4) is 0 Å². The largest absolute Gasteiger partial charge is 0.349 e. The Hall–Kier alpha value is -2.88. The molecule has 2 aromatic carbocycles. The van der Waals surface area contributed by atoms with Crippen LogP contribution in [0.25, 0.3) is 0 Å². The van der Waals surface area contributed by atoms with Crippen LogP contribution in [-0.2, 0) is 9.59 Å². The normalized spacial score (nSPS) is 37.5. The van der Waals surface area contributed by atoms with Gasteiger partial charge in [-0.1, -0.05) is 56.3 Å². The van der Waals surface area contributed by atoms with Crippen LogP contribution in [0, 0.1) is 34.5 Å². The fourth-order valence-electron chi connectivity index (χ4n) is 8.45. The molecule has 1 N–H and O–H groups in total. The first kappa shape index (κ1) is 22.6. The minimum atomic E-state index is 0.0187. The summed E-state index contributed by atoms with van der Waals surface area (Å²) in [6, 6.07) is 20.5. The predicted octanol–water partition coefficient (Wildman–Crippen LogP) is 6.26. The van der Waals surface area contributed by atoms with E-state index >= 15 is 0 Å². The summed E-state index contributed by atoms with van der Waals surface area (Å²) < 4.78 is 0. The minimum Gasteiger partial charge on any atom is -0.349 e. The Morgan fingerprint density at radius 3 is 2.17 bits per heavy atom. The highest BCUT2D eigenvalue weighted by Crippen LogP contribution is 2.65. The summed E-state index contributed by atoms with van der Waals surface area (Å²) in [5, 5.41) is 3.25. The molecule has 4 nitrogen and oxygen atoms in total. The second kappa shape index (κ2) is 8.36. The molecule has 0 bridgehead atoms. The van der Waals surface area contributed by atoms with Crippen molar-refractivity contribution in [3.8, 4) is 0 Å². The molecule has 3 saturated carbocycles. The van der Waals surface area contributed by atoms with Gasteiger partial charge >= 0.3 is 0 Å². The summed E-state index contributed by atoms with van der Waals surface area (Å²) in [5.74, 6) is 2.09. The molecule has 35 heavy (non-hydrogen) atoms. The number of carbonyl (C=O) groups is 2. The monoisotopic (exact) mass is 468 g/mol. The molecule has 7 atom stereocenters. The van der Waals surface area contributed by atoms with Crippen molar-refractivity contribution in [2.75, 3.05) is 4.90 Å². The summed E-state index contributed by atoms with van der Waals surface area (Å²) in [5.41, 5.74) is 1.94. The average Bonchev–Trinajstić information content (AvgIpc) is 3.23. The lowest BCUT2D eigenvalue weighted by molar-refractivity contribution is -0.131. The highest BCUT2D eigenvalue weighted by Gasteiger charge is 2.61. The minimum absolute atomic E-state index is 0.0187. The van der Waals surface area contributed by atoms with Crippen LogP contribution in [0.4, 0.5) is 11.4 Å². The first-order chi connectivity index (χ1) is 16.9. The maximum Gasteiger partial charge on any atom is 0.243 e. The molecule has 4 heteroatoms. The quantitative estimate of drug-likeness (QED) is 0.578. The second-order valence-electron chi connectivity index (χ2n) is 11.7. The van der Waals surface area contributed by atoms with Crippen LogP contribution in [0.5, 0.6) is 0 Å². The molecular formula is C31H36N2O2. The van der Waals surface area contributed by atoms with Crippen molar-refractivity contribution in [1.29, 1.82) is 0 Å². The number of nitrogens with one attached hydrogen (secondary N) is 1. The van der Waals surface area contributed by atoms with Gasteiger partial charge in [0.2, 0.25) is 11.8 Å². The number of hydrogen-bond acceptors (Lipinski definition) is 2. The Morgan fingerprint density at radius 1 is 0.857 bits per heavy atom. The zero-order valence-corrected chi connectivity index (χ0v) is 20.8. The van der Waals surface area contributed by atoms with E-state index in [1.165, 1.54) is 0 Å². The number of rotatable bonds is 3. The molecule has 0 spiro atoms. The molecule has 6 rings (SSSR count). The zero-order chi connectivity index (χ0) is 24.2. The van der Waals surface area contributed by atoms with Crippen molar-refractivity contribution >= 4 is 23.2 Å². The third-order valence-corrected chi connectivity index (χ3v) is 10.2. The number of anilines is 2. The smallest absolute Gasteiger partial charge is 0.243 e. The van der Waals surface area contributed by atoms with E-state index in [2.05, 4.69) is 25.2 Å². The van der Waals surface area contributed by atoms with Crippen LogP contribution in [0.1, 0.15) is 52.4 Å². The van der Waals surface area contributed by atoms with Gasteiger partial charge in [0.1, 0.15) is 0 Å². The maximum absolute atomic E-state index is 14.4. The first-order valence-corrected chi connectivity index (χ1v) is 13.4. The van der Waals surface area contributed by atoms with Gasteiger partial charge in [-0.25, -0.2) is 0 Å². The lowest BCUT2D eigenvalue weighted by Crippen LogP contribution is -2.59. The van der Waals surface area contributed by atoms with Crippen molar-refractivity contribution in [3.05, 3.63) is 72.8 Å². The van der Waals surface area contributed by atoms with Crippen LogP contribution >= 0.6 is 0 Å². The number of amides is 2. The summed E-state index contributed by atoms with van der Waals surface area (Å²) in [4.78, 5) is 28.4. The second-order valence-corrected chi connectivity index (χ2v) is 11.7. The van der Waals surface area contributed by atoms with E-state index in [0.717, 1.165) is 49.9 Å². The van der Waals surface area contributed by atoms with Gasteiger partial charge in [-0.3, -0.25) is 14.5 Å². The van der Waals surface area contributed by atoms with E-state index in [0.29, 0.717) is 17.8 Å². The van der Waals surface area contributed by atoms with Gasteiger partial charge < -0.3 is 5.32 Å². The van der Waals surface area contributed by atoms with E-state index < -0.39 is 0 Å². The number of nitrogens with zero attached hydrogens (tertiary/aromatic N) is 1. The average molecular weight is 469 g/mol. The molecule has 2 amide bonds. The summed E-state index contributed by atoms with van der Waals surface area (Å²) in [6.45, 7) is 4.77. The van der Waals surface area contributed by atoms with E-state index in [9.17, 15) is 9.59 Å². The summed E-state index contributed by atoms with van der Waals surface area (Å²) in [6.07, 6.45) is 10.5. The molecule has 3 aliphatic carbocycles. The van der Waals surface area contributed by atoms with Crippen molar-refractivity contribution in [3.63, 3.8) is 0 Å². The summed E-state index contributed by atoms with van der Waals surface area (Å²) >= 11 is 0. The van der Waals surface area contributed by atoms with Gasteiger partial charge in [0, 0.05) is 28.7 Å².